The predicted octanol–water partition coefficient (Wildman–Crippen LogP) is 4.04. The Balaban J connectivity index is 1.92. The lowest BCUT2D eigenvalue weighted by molar-refractivity contribution is -0.359. The van der Waals surface area contributed by atoms with E-state index in [2.05, 4.69) is 19.2 Å². The van der Waals surface area contributed by atoms with Crippen molar-refractivity contribution in [3.8, 4) is 0 Å². The maximum Gasteiger partial charge on any atom is 0.220 e. The van der Waals surface area contributed by atoms with E-state index in [9.17, 15) is 45.6 Å². The molecule has 0 bridgehead atoms. The fourth-order valence-electron chi connectivity index (χ4n) is 7.47. The smallest absolute Gasteiger partial charge is 0.220 e. The van der Waals surface area contributed by atoms with E-state index in [1.54, 1.807) is 6.08 Å². The SMILES string of the molecule is CCCCCCCCCCCC/C=C/[C@@H](O)[C@H](CO[C@@H]1O[C@H](CO)[C@@H](O[C@@H]2O[C@H](CO)[C@H](O)C(O)C2O)C(O)C1O)NC(=O)CCCCCCCCCCCCC. The molecule has 0 aromatic rings. The van der Waals surface area contributed by atoms with Crippen molar-refractivity contribution >= 4 is 5.91 Å². The third kappa shape index (κ3) is 20.2. The third-order valence-corrected chi connectivity index (χ3v) is 11.2. The topological polar surface area (TPSA) is 228 Å². The Morgan fingerprint density at radius 1 is 0.614 bits per heavy atom. The van der Waals surface area contributed by atoms with Crippen molar-refractivity contribution in [3.63, 3.8) is 0 Å². The van der Waals surface area contributed by atoms with Gasteiger partial charge in [0, 0.05) is 6.42 Å². The summed E-state index contributed by atoms with van der Waals surface area (Å²) in [6, 6.07) is -0.905. The van der Waals surface area contributed by atoms with Gasteiger partial charge in [-0.15, -0.1) is 0 Å². The molecule has 0 aromatic heterocycles. The zero-order chi connectivity index (χ0) is 41.8. The lowest BCUT2D eigenvalue weighted by Gasteiger charge is -2.46. The van der Waals surface area contributed by atoms with Gasteiger partial charge >= 0.3 is 0 Å². The highest BCUT2D eigenvalue weighted by Crippen LogP contribution is 2.30. The molecule has 0 aromatic carbocycles. The van der Waals surface area contributed by atoms with Crippen molar-refractivity contribution in [3.05, 3.63) is 12.2 Å². The molecule has 0 spiro atoms. The fourth-order valence-corrected chi connectivity index (χ4v) is 7.47. The highest BCUT2D eigenvalue weighted by Gasteiger charge is 2.50. The molecule has 57 heavy (non-hydrogen) atoms. The zero-order valence-electron chi connectivity index (χ0n) is 35.1. The van der Waals surface area contributed by atoms with Gasteiger partial charge < -0.3 is 65.1 Å². The average molecular weight is 820 g/mol. The van der Waals surface area contributed by atoms with Crippen LogP contribution in [0.3, 0.4) is 0 Å². The first kappa shape index (κ1) is 51.9. The monoisotopic (exact) mass is 820 g/mol. The summed E-state index contributed by atoms with van der Waals surface area (Å²) in [4.78, 5) is 13.1. The van der Waals surface area contributed by atoms with Crippen molar-refractivity contribution in [1.29, 1.82) is 0 Å². The number of hydrogen-bond donors (Lipinski definition) is 9. The van der Waals surface area contributed by atoms with Gasteiger partial charge in [0.05, 0.1) is 32.0 Å². The Morgan fingerprint density at radius 2 is 1.09 bits per heavy atom. The van der Waals surface area contributed by atoms with Crippen molar-refractivity contribution in [2.75, 3.05) is 19.8 Å². The second-order valence-corrected chi connectivity index (χ2v) is 16.2. The zero-order valence-corrected chi connectivity index (χ0v) is 35.1. The number of nitrogens with one attached hydrogen (secondary N) is 1. The minimum atomic E-state index is -1.78. The number of carbonyl (C=O) groups excluding carboxylic acids is 1. The summed E-state index contributed by atoms with van der Waals surface area (Å²) >= 11 is 0. The number of aliphatic hydroxyl groups excluding tert-OH is 8. The Hall–Kier alpha value is -1.27. The molecular weight excluding hydrogens is 738 g/mol. The number of unbranched alkanes of at least 4 members (excludes halogenated alkanes) is 20. The second-order valence-electron chi connectivity index (χ2n) is 16.2. The second kappa shape index (κ2) is 31.6. The Kier molecular flexibility index (Phi) is 28.7. The molecule has 2 rings (SSSR count). The van der Waals surface area contributed by atoms with Crippen LogP contribution < -0.4 is 5.32 Å². The van der Waals surface area contributed by atoms with Crippen LogP contribution in [0.1, 0.15) is 162 Å². The van der Waals surface area contributed by atoms with E-state index in [0.717, 1.165) is 38.5 Å². The first-order valence-corrected chi connectivity index (χ1v) is 22.4. The molecule has 2 aliphatic heterocycles. The first-order chi connectivity index (χ1) is 27.6. The lowest BCUT2D eigenvalue weighted by Crippen LogP contribution is -2.65. The Morgan fingerprint density at radius 3 is 1.61 bits per heavy atom. The number of carbonyl (C=O) groups is 1. The van der Waals surface area contributed by atoms with Gasteiger partial charge in [0.2, 0.25) is 5.91 Å². The van der Waals surface area contributed by atoms with Gasteiger partial charge in [-0.25, -0.2) is 0 Å². The standard InChI is InChI=1S/C43H81NO13/c1-3-5-7-9-11-13-15-17-18-20-22-24-26-32(47)31(44-35(48)27-25-23-21-19-16-14-12-10-8-6-4-2)30-54-42-40(53)38(51)41(34(29-46)56-42)57-43-39(52)37(50)36(49)33(28-45)55-43/h24,26,31-34,36-43,45-47,49-53H,3-23,25,27-30H2,1-2H3,(H,44,48)/b26-24+/t31-,32+,33+,34+,36-,37?,38?,39?,40?,41+,42+,43-/m0/s1. The highest BCUT2D eigenvalue weighted by molar-refractivity contribution is 5.76. The number of amides is 1. The maximum absolute atomic E-state index is 13.1. The number of hydrogen-bond acceptors (Lipinski definition) is 13. The number of ether oxygens (including phenoxy) is 4. The molecule has 9 N–H and O–H groups in total. The minimum absolute atomic E-state index is 0.243. The molecule has 12 atom stereocenters. The van der Waals surface area contributed by atoms with Gasteiger partial charge in [0.15, 0.2) is 12.6 Å². The van der Waals surface area contributed by atoms with Crippen LogP contribution in [0.2, 0.25) is 0 Å². The number of rotatable bonds is 33. The first-order valence-electron chi connectivity index (χ1n) is 22.4. The quantitative estimate of drug-likeness (QED) is 0.0337. The van der Waals surface area contributed by atoms with E-state index in [1.165, 1.54) is 96.3 Å². The summed E-state index contributed by atoms with van der Waals surface area (Å²) < 4.78 is 22.6. The summed E-state index contributed by atoms with van der Waals surface area (Å²) in [6.07, 6.45) is 12.6. The normalized spacial score (nSPS) is 29.2. The van der Waals surface area contributed by atoms with Crippen molar-refractivity contribution < 1.29 is 64.6 Å². The molecule has 336 valence electrons. The summed E-state index contributed by atoms with van der Waals surface area (Å²) in [5.74, 6) is -0.243. The molecule has 14 nitrogen and oxygen atoms in total. The van der Waals surface area contributed by atoms with Crippen LogP contribution in [-0.4, -0.2) is 140 Å². The van der Waals surface area contributed by atoms with Gasteiger partial charge in [-0.2, -0.15) is 0 Å². The molecule has 4 unspecified atom stereocenters. The van der Waals surface area contributed by atoms with Crippen LogP contribution in [0.15, 0.2) is 12.2 Å². The van der Waals surface area contributed by atoms with Crippen LogP contribution in [-0.2, 0) is 23.7 Å². The van der Waals surface area contributed by atoms with Gasteiger partial charge in [0.25, 0.3) is 0 Å². The van der Waals surface area contributed by atoms with Gasteiger partial charge in [-0.3, -0.25) is 4.79 Å². The van der Waals surface area contributed by atoms with Gasteiger partial charge in [0.1, 0.15) is 48.8 Å². The van der Waals surface area contributed by atoms with Crippen LogP contribution in [0.5, 0.6) is 0 Å². The molecule has 14 heteroatoms. The lowest BCUT2D eigenvalue weighted by atomic mass is 9.97. The van der Waals surface area contributed by atoms with Crippen LogP contribution in [0, 0.1) is 0 Å². The molecule has 0 radical (unpaired) electrons. The Bertz CT molecular complexity index is 1020. The fraction of sp³-hybridized carbons (Fsp3) is 0.930. The largest absolute Gasteiger partial charge is 0.394 e. The maximum atomic E-state index is 13.1. The number of allylic oxidation sites excluding steroid dienone is 1. The summed E-state index contributed by atoms with van der Waals surface area (Å²) in [7, 11) is 0. The molecular formula is C43H81NO13. The molecule has 1 amide bonds. The summed E-state index contributed by atoms with van der Waals surface area (Å²) in [6.45, 7) is 2.74. The van der Waals surface area contributed by atoms with Crippen molar-refractivity contribution in [1.82, 2.24) is 5.32 Å². The van der Waals surface area contributed by atoms with Crippen molar-refractivity contribution in [2.45, 2.75) is 235 Å². The van der Waals surface area contributed by atoms with Crippen molar-refractivity contribution in [2.24, 2.45) is 0 Å². The van der Waals surface area contributed by atoms with E-state index in [-0.39, 0.29) is 18.9 Å². The number of aliphatic hydroxyl groups is 8. The Labute approximate surface area is 342 Å². The minimum Gasteiger partial charge on any atom is -0.394 e. The third-order valence-electron chi connectivity index (χ3n) is 11.2. The van der Waals surface area contributed by atoms with Crippen LogP contribution in [0.4, 0.5) is 0 Å². The van der Waals surface area contributed by atoms with Crippen LogP contribution in [0.25, 0.3) is 0 Å². The molecule has 2 saturated heterocycles. The molecule has 2 fully saturated rings. The summed E-state index contributed by atoms with van der Waals surface area (Å²) in [5, 5.41) is 86.3. The van der Waals surface area contributed by atoms with E-state index in [0.29, 0.717) is 6.42 Å². The average Bonchev–Trinajstić information content (AvgIpc) is 3.21. The van der Waals surface area contributed by atoms with Gasteiger partial charge in [-0.05, 0) is 19.3 Å². The van der Waals surface area contributed by atoms with Gasteiger partial charge in [-0.1, -0.05) is 148 Å². The van der Waals surface area contributed by atoms with E-state index in [1.807, 2.05) is 6.08 Å². The van der Waals surface area contributed by atoms with Crippen LogP contribution >= 0.6 is 0 Å². The van der Waals surface area contributed by atoms with E-state index >= 15 is 0 Å². The molecule has 2 aliphatic rings. The van der Waals surface area contributed by atoms with E-state index < -0.39 is 86.8 Å². The predicted molar refractivity (Wildman–Crippen MR) is 217 cm³/mol. The van der Waals surface area contributed by atoms with E-state index in [4.69, 9.17) is 18.9 Å². The summed E-state index contributed by atoms with van der Waals surface area (Å²) in [5.41, 5.74) is 0. The highest BCUT2D eigenvalue weighted by atomic mass is 16.7. The molecule has 0 aliphatic carbocycles. The molecule has 0 saturated carbocycles. The molecule has 2 heterocycles.